The molecule has 3 nitrogen and oxygen atoms in total. The van der Waals surface area contributed by atoms with E-state index < -0.39 is 0 Å². The van der Waals surface area contributed by atoms with Crippen molar-refractivity contribution < 1.29 is 4.42 Å². The average Bonchev–Trinajstić information content (AvgIpc) is 3.14. The van der Waals surface area contributed by atoms with Gasteiger partial charge < -0.3 is 14.6 Å². The maximum atomic E-state index is 5.96. The first-order chi connectivity index (χ1) is 10.3. The molecule has 1 aliphatic heterocycles. The summed E-state index contributed by atoms with van der Waals surface area (Å²) >= 11 is 0. The van der Waals surface area contributed by atoms with E-state index in [1.165, 1.54) is 29.7 Å². The van der Waals surface area contributed by atoms with E-state index in [1.807, 2.05) is 0 Å². The van der Waals surface area contributed by atoms with E-state index in [1.54, 1.807) is 0 Å². The molecular formula is C18H22N2O. The molecule has 0 radical (unpaired) electrons. The van der Waals surface area contributed by atoms with Crippen LogP contribution in [0.4, 0.5) is 5.69 Å². The number of anilines is 1. The monoisotopic (exact) mass is 282 g/mol. The number of hydrogen-bond donors (Lipinski definition) is 1. The molecule has 1 fully saturated rings. The molecule has 0 amide bonds. The fraction of sp³-hybridized carbons (Fsp3) is 0.444. The summed E-state index contributed by atoms with van der Waals surface area (Å²) in [6, 6.07) is 11.7. The molecule has 2 aromatic rings. The molecule has 0 unspecified atom stereocenters. The zero-order valence-electron chi connectivity index (χ0n) is 12.6. The Hall–Kier alpha value is -1.74. The van der Waals surface area contributed by atoms with Crippen LogP contribution < -0.4 is 10.2 Å². The zero-order chi connectivity index (χ0) is 14.2. The number of benzene rings is 1. The molecule has 1 aromatic heterocycles. The molecule has 1 aromatic carbocycles. The summed E-state index contributed by atoms with van der Waals surface area (Å²) in [5.74, 6) is 2.14. The van der Waals surface area contributed by atoms with Crippen LogP contribution in [0.1, 0.15) is 35.5 Å². The van der Waals surface area contributed by atoms with Crippen molar-refractivity contribution >= 4 is 5.69 Å². The maximum Gasteiger partial charge on any atom is 0.123 e. The Labute approximate surface area is 126 Å². The van der Waals surface area contributed by atoms with Crippen LogP contribution in [-0.4, -0.2) is 12.6 Å². The van der Waals surface area contributed by atoms with Gasteiger partial charge in [0.05, 0.1) is 6.54 Å². The summed E-state index contributed by atoms with van der Waals surface area (Å²) in [5, 5.41) is 3.56. The Kier molecular flexibility index (Phi) is 3.23. The van der Waals surface area contributed by atoms with Crippen LogP contribution in [0.2, 0.25) is 0 Å². The van der Waals surface area contributed by atoms with E-state index in [-0.39, 0.29) is 0 Å². The number of nitrogens with one attached hydrogen (secondary N) is 1. The maximum absolute atomic E-state index is 5.96. The summed E-state index contributed by atoms with van der Waals surface area (Å²) < 4.78 is 5.96. The highest BCUT2D eigenvalue weighted by Gasteiger charge is 2.22. The molecule has 2 heterocycles. The standard InChI is InChI=1S/C18H22N2O/c1-13-15(11-19-16-6-7-16)10-17(21-13)12-20-9-8-14-4-2-3-5-18(14)20/h2-5,10,16,19H,6-9,11-12H2,1H3. The van der Waals surface area contributed by atoms with E-state index >= 15 is 0 Å². The van der Waals surface area contributed by atoms with Crippen molar-refractivity contribution in [2.75, 3.05) is 11.4 Å². The highest BCUT2D eigenvalue weighted by molar-refractivity contribution is 5.57. The molecule has 0 bridgehead atoms. The highest BCUT2D eigenvalue weighted by Crippen LogP contribution is 2.29. The number of furan rings is 1. The minimum absolute atomic E-state index is 0.744. The normalized spacial score (nSPS) is 17.3. The summed E-state index contributed by atoms with van der Waals surface area (Å²) in [5.41, 5.74) is 4.13. The first-order valence-corrected chi connectivity index (χ1v) is 7.94. The third-order valence-electron chi connectivity index (χ3n) is 4.56. The van der Waals surface area contributed by atoms with Crippen LogP contribution in [0.3, 0.4) is 0 Å². The summed E-state index contributed by atoms with van der Waals surface area (Å²) in [6.45, 7) is 4.98. The van der Waals surface area contributed by atoms with Crippen molar-refractivity contribution in [2.24, 2.45) is 0 Å². The third kappa shape index (κ3) is 2.70. The van der Waals surface area contributed by atoms with E-state index in [2.05, 4.69) is 47.5 Å². The van der Waals surface area contributed by atoms with Gasteiger partial charge in [0.1, 0.15) is 11.5 Å². The molecule has 3 heteroatoms. The number of rotatable bonds is 5. The molecular weight excluding hydrogens is 260 g/mol. The van der Waals surface area contributed by atoms with Gasteiger partial charge in [0.25, 0.3) is 0 Å². The van der Waals surface area contributed by atoms with Gasteiger partial charge in [0.15, 0.2) is 0 Å². The lowest BCUT2D eigenvalue weighted by Gasteiger charge is -2.17. The number of fused-ring (bicyclic) bond motifs is 1. The van der Waals surface area contributed by atoms with E-state index in [0.717, 1.165) is 43.6 Å². The minimum Gasteiger partial charge on any atom is -0.464 e. The van der Waals surface area contributed by atoms with Crippen LogP contribution in [0.15, 0.2) is 34.7 Å². The Bertz CT molecular complexity index is 642. The van der Waals surface area contributed by atoms with Gasteiger partial charge in [-0.15, -0.1) is 0 Å². The quantitative estimate of drug-likeness (QED) is 0.911. The Balaban J connectivity index is 1.46. The van der Waals surface area contributed by atoms with Gasteiger partial charge in [-0.05, 0) is 43.9 Å². The van der Waals surface area contributed by atoms with Crippen LogP contribution >= 0.6 is 0 Å². The van der Waals surface area contributed by atoms with Crippen molar-refractivity contribution in [2.45, 2.75) is 45.3 Å². The second-order valence-corrected chi connectivity index (χ2v) is 6.25. The molecule has 0 atom stereocenters. The van der Waals surface area contributed by atoms with Crippen molar-refractivity contribution in [1.29, 1.82) is 0 Å². The lowest BCUT2D eigenvalue weighted by molar-refractivity contribution is 0.475. The Morgan fingerprint density at radius 2 is 2.14 bits per heavy atom. The van der Waals surface area contributed by atoms with Gasteiger partial charge in [-0.25, -0.2) is 0 Å². The fourth-order valence-electron chi connectivity index (χ4n) is 3.14. The largest absolute Gasteiger partial charge is 0.464 e. The van der Waals surface area contributed by atoms with Gasteiger partial charge >= 0.3 is 0 Å². The molecule has 4 rings (SSSR count). The van der Waals surface area contributed by atoms with Crippen molar-refractivity contribution in [3.8, 4) is 0 Å². The average molecular weight is 282 g/mol. The number of hydrogen-bond acceptors (Lipinski definition) is 3. The smallest absolute Gasteiger partial charge is 0.123 e. The third-order valence-corrected chi connectivity index (χ3v) is 4.56. The Morgan fingerprint density at radius 1 is 1.29 bits per heavy atom. The van der Waals surface area contributed by atoms with E-state index in [9.17, 15) is 0 Å². The molecule has 0 spiro atoms. The predicted molar refractivity (Wildman–Crippen MR) is 84.5 cm³/mol. The molecule has 1 N–H and O–H groups in total. The predicted octanol–water partition coefficient (Wildman–Crippen LogP) is 3.40. The second kappa shape index (κ2) is 5.23. The zero-order valence-corrected chi connectivity index (χ0v) is 12.6. The molecule has 21 heavy (non-hydrogen) atoms. The SMILES string of the molecule is Cc1oc(CN2CCc3ccccc32)cc1CNC1CC1. The highest BCUT2D eigenvalue weighted by atomic mass is 16.3. The summed E-state index contributed by atoms with van der Waals surface area (Å²) in [6.07, 6.45) is 3.80. The van der Waals surface area contributed by atoms with Crippen molar-refractivity contribution in [1.82, 2.24) is 5.32 Å². The van der Waals surface area contributed by atoms with E-state index in [4.69, 9.17) is 4.42 Å². The van der Waals surface area contributed by atoms with Gasteiger partial charge in [-0.1, -0.05) is 18.2 Å². The molecule has 0 saturated heterocycles. The number of nitrogens with zero attached hydrogens (tertiary/aromatic N) is 1. The minimum atomic E-state index is 0.744. The molecule has 2 aliphatic rings. The van der Waals surface area contributed by atoms with Gasteiger partial charge in [-0.3, -0.25) is 0 Å². The van der Waals surface area contributed by atoms with Crippen molar-refractivity contribution in [3.63, 3.8) is 0 Å². The second-order valence-electron chi connectivity index (χ2n) is 6.25. The van der Waals surface area contributed by atoms with Gasteiger partial charge in [-0.2, -0.15) is 0 Å². The summed E-state index contributed by atoms with van der Waals surface area (Å²) in [7, 11) is 0. The lowest BCUT2D eigenvalue weighted by Crippen LogP contribution is -2.19. The number of aryl methyl sites for hydroxylation is 1. The van der Waals surface area contributed by atoms with Crippen LogP contribution in [0, 0.1) is 6.92 Å². The Morgan fingerprint density at radius 3 is 3.00 bits per heavy atom. The van der Waals surface area contributed by atoms with Crippen molar-refractivity contribution in [3.05, 3.63) is 53.0 Å². The van der Waals surface area contributed by atoms with Crippen LogP contribution in [-0.2, 0) is 19.5 Å². The number of para-hydroxylation sites is 1. The fourth-order valence-corrected chi connectivity index (χ4v) is 3.14. The molecule has 110 valence electrons. The molecule has 1 aliphatic carbocycles. The van der Waals surface area contributed by atoms with Crippen LogP contribution in [0.25, 0.3) is 0 Å². The lowest BCUT2D eigenvalue weighted by atomic mass is 10.2. The first-order valence-electron chi connectivity index (χ1n) is 7.94. The van der Waals surface area contributed by atoms with E-state index in [0.29, 0.717) is 0 Å². The van der Waals surface area contributed by atoms with Gasteiger partial charge in [0, 0.05) is 30.4 Å². The topological polar surface area (TPSA) is 28.4 Å². The van der Waals surface area contributed by atoms with Crippen LogP contribution in [0.5, 0.6) is 0 Å². The first kappa shape index (κ1) is 13.0. The van der Waals surface area contributed by atoms with Gasteiger partial charge in [0.2, 0.25) is 0 Å². The summed E-state index contributed by atoms with van der Waals surface area (Å²) in [4.78, 5) is 2.42. The molecule has 1 saturated carbocycles.